The molecule has 0 spiro atoms. The van der Waals surface area contributed by atoms with Gasteiger partial charge in [-0.05, 0) is 19.9 Å². The summed E-state index contributed by atoms with van der Waals surface area (Å²) in [5.74, 6) is -1.11. The van der Waals surface area contributed by atoms with E-state index in [1.54, 1.807) is 6.07 Å². The zero-order valence-electron chi connectivity index (χ0n) is 9.42. The van der Waals surface area contributed by atoms with Crippen LogP contribution < -0.4 is 5.73 Å². The molecule has 0 aliphatic carbocycles. The van der Waals surface area contributed by atoms with E-state index in [2.05, 4.69) is 0 Å². The van der Waals surface area contributed by atoms with Crippen molar-refractivity contribution in [1.29, 1.82) is 0 Å². The fourth-order valence-corrected chi connectivity index (χ4v) is 1.74. The van der Waals surface area contributed by atoms with Crippen LogP contribution in [0.4, 0.5) is 5.69 Å². The number of carboxylic acid groups (broad SMARTS) is 1. The lowest BCUT2D eigenvalue weighted by Gasteiger charge is -2.24. The van der Waals surface area contributed by atoms with Crippen molar-refractivity contribution in [3.05, 3.63) is 39.9 Å². The van der Waals surface area contributed by atoms with Crippen molar-refractivity contribution in [2.45, 2.75) is 18.8 Å². The number of nitrogens with zero attached hydrogens (tertiary/aromatic N) is 1. The quantitative estimate of drug-likeness (QED) is 0.593. The number of nitrogens with two attached hydrogens (primary N) is 1. The van der Waals surface area contributed by atoms with Crippen LogP contribution in [0.25, 0.3) is 0 Å². The first kappa shape index (κ1) is 13.1. The summed E-state index contributed by atoms with van der Waals surface area (Å²) in [6, 6.07) is 5.85. The van der Waals surface area contributed by atoms with Crippen molar-refractivity contribution in [2.75, 3.05) is 6.54 Å². The summed E-state index contributed by atoms with van der Waals surface area (Å²) in [5.41, 5.74) is 4.04. The van der Waals surface area contributed by atoms with E-state index in [4.69, 9.17) is 5.73 Å². The zero-order chi connectivity index (χ0) is 13.1. The molecule has 0 aliphatic rings. The molecule has 1 rings (SSSR count). The molecule has 0 radical (unpaired) electrons. The molecular formula is C11H14N2O4. The summed E-state index contributed by atoms with van der Waals surface area (Å²) in [4.78, 5) is 21.6. The maximum absolute atomic E-state index is 11.3. The summed E-state index contributed by atoms with van der Waals surface area (Å²) >= 11 is 0. The Morgan fingerprint density at radius 2 is 2.12 bits per heavy atom. The first-order chi connectivity index (χ1) is 7.93. The Kier molecular flexibility index (Phi) is 3.80. The van der Waals surface area contributed by atoms with Crippen molar-refractivity contribution >= 4 is 11.7 Å². The normalized spacial score (nSPS) is 14.0. The average molecular weight is 238 g/mol. The first-order valence-corrected chi connectivity index (χ1v) is 5.11. The van der Waals surface area contributed by atoms with Gasteiger partial charge in [-0.3, -0.25) is 14.9 Å². The topological polar surface area (TPSA) is 106 Å². The predicted octanol–water partition coefficient (Wildman–Crippen LogP) is 1.29. The summed E-state index contributed by atoms with van der Waals surface area (Å²) < 4.78 is 0. The summed E-state index contributed by atoms with van der Waals surface area (Å²) in [7, 11) is 0. The number of hydrogen-bond acceptors (Lipinski definition) is 4. The molecule has 0 saturated carbocycles. The Balaban J connectivity index is 3.38. The Morgan fingerprint density at radius 1 is 1.53 bits per heavy atom. The second kappa shape index (κ2) is 4.92. The van der Waals surface area contributed by atoms with Gasteiger partial charge in [-0.15, -0.1) is 0 Å². The fraction of sp³-hybridized carbons (Fsp3) is 0.364. The van der Waals surface area contributed by atoms with Gasteiger partial charge in [0, 0.05) is 11.6 Å². The van der Waals surface area contributed by atoms with Gasteiger partial charge < -0.3 is 10.8 Å². The summed E-state index contributed by atoms with van der Waals surface area (Å²) in [5, 5.41) is 20.1. The van der Waals surface area contributed by atoms with E-state index in [9.17, 15) is 20.0 Å². The molecule has 6 nitrogen and oxygen atoms in total. The number of rotatable bonds is 5. The molecule has 92 valence electrons. The molecule has 0 saturated heterocycles. The monoisotopic (exact) mass is 238 g/mol. The molecule has 0 amide bonds. The van der Waals surface area contributed by atoms with E-state index in [0.717, 1.165) is 0 Å². The number of carbonyl (C=O) groups is 1. The van der Waals surface area contributed by atoms with Crippen LogP contribution >= 0.6 is 0 Å². The van der Waals surface area contributed by atoms with Gasteiger partial charge in [-0.25, -0.2) is 0 Å². The van der Waals surface area contributed by atoms with Gasteiger partial charge >= 0.3 is 5.97 Å². The van der Waals surface area contributed by atoms with Gasteiger partial charge in [0.25, 0.3) is 5.69 Å². The van der Waals surface area contributed by atoms with Gasteiger partial charge in [-0.1, -0.05) is 18.2 Å². The molecule has 1 aromatic carbocycles. The number of aliphatic carboxylic acids is 1. The van der Waals surface area contributed by atoms with Crippen LogP contribution in [-0.2, 0) is 10.2 Å². The van der Waals surface area contributed by atoms with Gasteiger partial charge in [0.2, 0.25) is 0 Å². The predicted molar refractivity (Wildman–Crippen MR) is 61.8 cm³/mol. The SMILES string of the molecule is CC(CCN)(C(=O)O)c1ccccc1[N+](=O)[O-]. The number of hydrogen-bond donors (Lipinski definition) is 2. The summed E-state index contributed by atoms with van der Waals surface area (Å²) in [6.07, 6.45) is 0.146. The maximum atomic E-state index is 11.3. The highest BCUT2D eigenvalue weighted by atomic mass is 16.6. The molecular weight excluding hydrogens is 224 g/mol. The third-order valence-corrected chi connectivity index (χ3v) is 2.81. The van der Waals surface area contributed by atoms with E-state index in [1.807, 2.05) is 0 Å². The molecule has 1 aromatic rings. The Morgan fingerprint density at radius 3 is 2.59 bits per heavy atom. The number of carboxylic acids is 1. The highest BCUT2D eigenvalue weighted by molar-refractivity contribution is 5.82. The van der Waals surface area contributed by atoms with Crippen LogP contribution in [0.15, 0.2) is 24.3 Å². The van der Waals surface area contributed by atoms with E-state index >= 15 is 0 Å². The van der Waals surface area contributed by atoms with E-state index in [-0.39, 0.29) is 24.2 Å². The van der Waals surface area contributed by atoms with E-state index in [0.29, 0.717) is 0 Å². The zero-order valence-corrected chi connectivity index (χ0v) is 9.42. The molecule has 1 atom stereocenters. The second-order valence-corrected chi connectivity index (χ2v) is 3.95. The number of nitro groups is 1. The third kappa shape index (κ3) is 2.42. The molecule has 0 fully saturated rings. The van der Waals surface area contributed by atoms with Crippen molar-refractivity contribution in [2.24, 2.45) is 5.73 Å². The lowest BCUT2D eigenvalue weighted by molar-refractivity contribution is -0.386. The van der Waals surface area contributed by atoms with E-state index in [1.165, 1.54) is 25.1 Å². The molecule has 3 N–H and O–H groups in total. The van der Waals surface area contributed by atoms with Crippen LogP contribution in [0.2, 0.25) is 0 Å². The number of nitro benzene ring substituents is 1. The molecule has 0 bridgehead atoms. The van der Waals surface area contributed by atoms with Gasteiger partial charge in [-0.2, -0.15) is 0 Å². The molecule has 17 heavy (non-hydrogen) atoms. The highest BCUT2D eigenvalue weighted by Crippen LogP contribution is 2.34. The summed E-state index contributed by atoms with van der Waals surface area (Å²) in [6.45, 7) is 1.60. The van der Waals surface area contributed by atoms with Gasteiger partial charge in [0.15, 0.2) is 0 Å². The minimum atomic E-state index is -1.33. The van der Waals surface area contributed by atoms with Crippen LogP contribution in [0.1, 0.15) is 18.9 Å². The van der Waals surface area contributed by atoms with Crippen LogP contribution in [0.3, 0.4) is 0 Å². The fourth-order valence-electron chi connectivity index (χ4n) is 1.74. The first-order valence-electron chi connectivity index (χ1n) is 5.11. The Bertz CT molecular complexity index is 447. The standard InChI is InChI=1S/C11H14N2O4/c1-11(6-7-12,10(14)15)8-4-2-3-5-9(8)13(16)17/h2-5H,6-7,12H2,1H3,(H,14,15). The third-order valence-electron chi connectivity index (χ3n) is 2.81. The maximum Gasteiger partial charge on any atom is 0.314 e. The van der Waals surface area contributed by atoms with Gasteiger partial charge in [0.05, 0.1) is 10.3 Å². The van der Waals surface area contributed by atoms with Crippen LogP contribution in [-0.4, -0.2) is 22.5 Å². The van der Waals surface area contributed by atoms with Gasteiger partial charge in [0.1, 0.15) is 0 Å². The van der Waals surface area contributed by atoms with Crippen LogP contribution in [0, 0.1) is 10.1 Å². The van der Waals surface area contributed by atoms with Crippen molar-refractivity contribution in [3.63, 3.8) is 0 Å². The Hall–Kier alpha value is -1.95. The van der Waals surface area contributed by atoms with Crippen LogP contribution in [0.5, 0.6) is 0 Å². The second-order valence-electron chi connectivity index (χ2n) is 3.95. The van der Waals surface area contributed by atoms with Crippen molar-refractivity contribution < 1.29 is 14.8 Å². The van der Waals surface area contributed by atoms with Crippen molar-refractivity contribution in [1.82, 2.24) is 0 Å². The smallest absolute Gasteiger partial charge is 0.314 e. The molecule has 1 unspecified atom stereocenters. The lowest BCUT2D eigenvalue weighted by atomic mass is 9.78. The Labute approximate surface area is 98.2 Å². The van der Waals surface area contributed by atoms with Crippen molar-refractivity contribution in [3.8, 4) is 0 Å². The largest absolute Gasteiger partial charge is 0.481 e. The minimum Gasteiger partial charge on any atom is -0.481 e. The lowest BCUT2D eigenvalue weighted by Crippen LogP contribution is -2.35. The highest BCUT2D eigenvalue weighted by Gasteiger charge is 2.39. The molecule has 0 aromatic heterocycles. The molecule has 0 aliphatic heterocycles. The van der Waals surface area contributed by atoms with E-state index < -0.39 is 16.3 Å². The number of para-hydroxylation sites is 1. The molecule has 6 heteroatoms. The minimum absolute atomic E-state index is 0.146. The average Bonchev–Trinajstić information content (AvgIpc) is 2.29. The number of benzene rings is 1. The molecule has 0 heterocycles.